The zero-order valence-electron chi connectivity index (χ0n) is 13.1. The molecule has 0 bridgehead atoms. The van der Waals surface area contributed by atoms with E-state index < -0.39 is 20.1 Å². The van der Waals surface area contributed by atoms with Crippen LogP contribution in [0.3, 0.4) is 0 Å². The fourth-order valence-electron chi connectivity index (χ4n) is 1.55. The molecule has 0 spiro atoms. The van der Waals surface area contributed by atoms with Crippen LogP contribution in [0.2, 0.25) is 0 Å². The van der Waals surface area contributed by atoms with Gasteiger partial charge < -0.3 is 19.1 Å². The first-order valence-corrected chi connectivity index (χ1v) is 9.62. The maximum Gasteiger partial charge on any atom is 0.508 e. The third-order valence-electron chi connectivity index (χ3n) is 2.60. The molecule has 0 heterocycles. The smallest absolute Gasteiger partial charge is 0.438 e. The van der Waals surface area contributed by atoms with Crippen LogP contribution in [0.1, 0.15) is 5.56 Å². The third kappa shape index (κ3) is 9.36. The summed E-state index contributed by atoms with van der Waals surface area (Å²) in [6.45, 7) is -0.123. The van der Waals surface area contributed by atoms with E-state index in [2.05, 4.69) is 25.2 Å². The molecule has 0 saturated carbocycles. The summed E-state index contributed by atoms with van der Waals surface area (Å²) in [6, 6.07) is 9.37. The Balaban J connectivity index is 2.47. The van der Waals surface area contributed by atoms with Crippen LogP contribution in [0.15, 0.2) is 30.3 Å². The molecule has 0 amide bonds. The Kier molecular flexibility index (Phi) is 10.2. The van der Waals surface area contributed by atoms with Crippen molar-refractivity contribution in [1.29, 1.82) is 0 Å². The summed E-state index contributed by atoms with van der Waals surface area (Å²) in [5, 5.41) is 0.378. The first kappa shape index (κ1) is 21.1. The maximum absolute atomic E-state index is 11.6. The lowest BCUT2D eigenvalue weighted by Gasteiger charge is -2.19. The van der Waals surface area contributed by atoms with Crippen LogP contribution in [-0.2, 0) is 34.4 Å². The molecule has 2 unspecified atom stereocenters. The Hall–Kier alpha value is -0.960. The minimum absolute atomic E-state index is 0.000804. The van der Waals surface area contributed by atoms with Crippen molar-refractivity contribution in [3.05, 3.63) is 35.9 Å². The quantitative estimate of drug-likeness (QED) is 0.327. The number of carbonyl (C=O) groups excluding carboxylic acids is 1. The van der Waals surface area contributed by atoms with Gasteiger partial charge >= 0.3 is 14.0 Å². The summed E-state index contributed by atoms with van der Waals surface area (Å²) >= 11 is 3.06. The molecule has 0 fully saturated rings. The van der Waals surface area contributed by atoms with Gasteiger partial charge in [-0.15, -0.1) is 0 Å². The van der Waals surface area contributed by atoms with E-state index >= 15 is 0 Å². The second-order valence-electron chi connectivity index (χ2n) is 4.48. The molecule has 0 aromatic heterocycles. The number of hydrogen-bond donors (Lipinski definition) is 1. The number of alkyl halides is 1. The average Bonchev–Trinajstić information content (AvgIpc) is 2.58. The van der Waals surface area contributed by atoms with E-state index in [0.717, 1.165) is 12.7 Å². The largest absolute Gasteiger partial charge is 0.508 e. The zero-order chi connectivity index (χ0) is 17.8. The second kappa shape index (κ2) is 11.6. The Morgan fingerprint density at radius 1 is 1.25 bits per heavy atom. The molecule has 136 valence electrons. The van der Waals surface area contributed by atoms with Gasteiger partial charge in [-0.25, -0.2) is 9.36 Å². The predicted octanol–water partition coefficient (Wildman–Crippen LogP) is 2.88. The molecule has 0 aliphatic carbocycles. The first-order valence-electron chi connectivity index (χ1n) is 7.01. The van der Waals surface area contributed by atoms with Gasteiger partial charge in [-0.05, 0) is 5.56 Å². The molecule has 1 aromatic rings. The van der Waals surface area contributed by atoms with Crippen molar-refractivity contribution in [2.24, 2.45) is 0 Å². The topological polar surface area (TPSA) is 101 Å². The van der Waals surface area contributed by atoms with Crippen LogP contribution < -0.4 is 0 Å². The highest BCUT2D eigenvalue weighted by Crippen LogP contribution is 2.43. The Bertz CT molecular complexity index is 527. The van der Waals surface area contributed by atoms with Crippen molar-refractivity contribution in [2.45, 2.75) is 12.7 Å². The van der Waals surface area contributed by atoms with Gasteiger partial charge in [0.1, 0.15) is 0 Å². The van der Waals surface area contributed by atoms with E-state index in [0.29, 0.717) is 11.9 Å². The summed E-state index contributed by atoms with van der Waals surface area (Å²) in [5.41, 5.74) is 0.934. The minimum Gasteiger partial charge on any atom is -0.438 e. The molecule has 24 heavy (non-hydrogen) atoms. The van der Waals surface area contributed by atoms with Crippen LogP contribution in [0.5, 0.6) is 0 Å². The maximum atomic E-state index is 11.6. The Morgan fingerprint density at radius 2 is 1.96 bits per heavy atom. The normalized spacial score (nSPS) is 14.6. The molecule has 1 N–H and O–H groups in total. The minimum atomic E-state index is -4.22. The van der Waals surface area contributed by atoms with Gasteiger partial charge in [0.2, 0.25) is 0 Å². The Labute approximate surface area is 148 Å². The number of phosphoric ester groups is 1. The van der Waals surface area contributed by atoms with Crippen molar-refractivity contribution < 1.29 is 37.5 Å². The van der Waals surface area contributed by atoms with Gasteiger partial charge in [0, 0.05) is 5.33 Å². The Morgan fingerprint density at radius 3 is 2.58 bits per heavy atom. The van der Waals surface area contributed by atoms with Crippen LogP contribution in [-0.4, -0.2) is 49.4 Å². The fraction of sp³-hybridized carbons (Fsp3) is 0.500. The third-order valence-corrected chi connectivity index (χ3v) is 3.91. The monoisotopic (exact) mass is 426 g/mol. The molecule has 2 atom stereocenters. The molecule has 0 radical (unpaired) electrons. The van der Waals surface area contributed by atoms with Crippen molar-refractivity contribution in [3.63, 3.8) is 0 Å². The summed E-state index contributed by atoms with van der Waals surface area (Å²) in [5.74, 6) is 0. The van der Waals surface area contributed by atoms with Gasteiger partial charge in [-0.1, -0.05) is 46.3 Å². The molecule has 0 aliphatic heterocycles. The number of hydrogen-bond acceptors (Lipinski definition) is 7. The van der Waals surface area contributed by atoms with Crippen molar-refractivity contribution in [1.82, 2.24) is 0 Å². The first-order chi connectivity index (χ1) is 11.5. The highest BCUT2D eigenvalue weighted by atomic mass is 79.9. The van der Waals surface area contributed by atoms with E-state index in [4.69, 9.17) is 14.0 Å². The summed E-state index contributed by atoms with van der Waals surface area (Å²) < 4.78 is 35.8. The standard InChI is InChI=1S/C14H20BrO8P/c1-19-14(16)23-13(11-22-24(17,18)21-8-7-15)10-20-9-12-5-3-2-4-6-12/h2-6,13H,7-11H2,1H3,(H,17,18). The van der Waals surface area contributed by atoms with E-state index in [1.165, 1.54) is 0 Å². The number of rotatable bonds is 11. The molecule has 10 heteroatoms. The number of methoxy groups -OCH3 is 1. The molecule has 0 saturated heterocycles. The molecule has 1 rings (SSSR count). The molecule has 8 nitrogen and oxygen atoms in total. The van der Waals surface area contributed by atoms with Crippen molar-refractivity contribution in [3.8, 4) is 0 Å². The summed E-state index contributed by atoms with van der Waals surface area (Å²) in [7, 11) is -3.07. The second-order valence-corrected chi connectivity index (χ2v) is 6.73. The molecule has 1 aromatic carbocycles. The molecular weight excluding hydrogens is 407 g/mol. The van der Waals surface area contributed by atoms with Crippen LogP contribution in [0.25, 0.3) is 0 Å². The average molecular weight is 427 g/mol. The highest BCUT2D eigenvalue weighted by molar-refractivity contribution is 9.09. The summed E-state index contributed by atoms with van der Waals surface area (Å²) in [4.78, 5) is 20.7. The highest BCUT2D eigenvalue weighted by Gasteiger charge is 2.25. The lowest BCUT2D eigenvalue weighted by Crippen LogP contribution is -2.28. The SMILES string of the molecule is COC(=O)OC(COCc1ccccc1)COP(=O)(O)OCCBr. The van der Waals surface area contributed by atoms with Crippen LogP contribution >= 0.6 is 23.8 Å². The van der Waals surface area contributed by atoms with E-state index in [9.17, 15) is 14.3 Å². The van der Waals surface area contributed by atoms with E-state index in [1.807, 2.05) is 30.3 Å². The molecular formula is C14H20BrO8P. The van der Waals surface area contributed by atoms with Gasteiger partial charge in [0.05, 0.1) is 33.5 Å². The predicted molar refractivity (Wildman–Crippen MR) is 88.9 cm³/mol. The van der Waals surface area contributed by atoms with Gasteiger partial charge in [-0.2, -0.15) is 0 Å². The van der Waals surface area contributed by atoms with Gasteiger partial charge in [0.15, 0.2) is 6.10 Å². The van der Waals surface area contributed by atoms with E-state index in [1.54, 1.807) is 0 Å². The zero-order valence-corrected chi connectivity index (χ0v) is 15.6. The lowest BCUT2D eigenvalue weighted by molar-refractivity contribution is -0.0351. The number of phosphoric acid groups is 1. The number of benzene rings is 1. The number of carbonyl (C=O) groups is 1. The lowest BCUT2D eigenvalue weighted by atomic mass is 10.2. The van der Waals surface area contributed by atoms with E-state index in [-0.39, 0.29) is 19.8 Å². The number of halogens is 1. The van der Waals surface area contributed by atoms with Crippen molar-refractivity contribution in [2.75, 3.05) is 32.3 Å². The fourth-order valence-corrected chi connectivity index (χ4v) is 2.71. The van der Waals surface area contributed by atoms with Crippen LogP contribution in [0.4, 0.5) is 4.79 Å². The van der Waals surface area contributed by atoms with Crippen LogP contribution in [0, 0.1) is 0 Å². The molecule has 0 aliphatic rings. The van der Waals surface area contributed by atoms with Gasteiger partial charge in [0.25, 0.3) is 0 Å². The summed E-state index contributed by atoms with van der Waals surface area (Å²) in [6.07, 6.45) is -1.87. The van der Waals surface area contributed by atoms with Gasteiger partial charge in [-0.3, -0.25) is 9.05 Å². The number of ether oxygens (including phenoxy) is 3. The van der Waals surface area contributed by atoms with Crippen molar-refractivity contribution >= 4 is 29.9 Å².